The summed E-state index contributed by atoms with van der Waals surface area (Å²) in [6.45, 7) is 2.51. The minimum atomic E-state index is -0.671. The topological polar surface area (TPSA) is 166 Å². The van der Waals surface area contributed by atoms with E-state index in [4.69, 9.17) is 18.9 Å². The molecule has 0 unspecified atom stereocenters. The number of nitrogens with one attached hydrogen (secondary N) is 4. The normalized spacial score (nSPS) is 14.2. The monoisotopic (exact) mass is 615 g/mol. The van der Waals surface area contributed by atoms with Gasteiger partial charge in [-0.05, 0) is 67.4 Å². The molecule has 234 valence electrons. The van der Waals surface area contributed by atoms with Crippen LogP contribution in [0.5, 0.6) is 23.0 Å². The number of carbonyl (C=O) groups is 4. The first-order valence-electron chi connectivity index (χ1n) is 13.8. The van der Waals surface area contributed by atoms with Crippen molar-refractivity contribution in [3.8, 4) is 23.0 Å². The highest BCUT2D eigenvalue weighted by molar-refractivity contribution is 5.98. The standard InChI is InChI=1S/C32H33N5O8/c1-19-30(20(2)38)31(36-32(41)34-19)22-11-13-25(27(15-22)43-4)45-18-29(40)37-33-16-21-10-12-24(26(14-21)42-3)44-17-28(39)35-23-8-6-5-7-9-23/h5-16,31H,17-18H2,1-4H3,(H,35,39)(H,37,40)(H2,34,36,41)/b33-16-/t31-/m1/s1. The summed E-state index contributed by atoms with van der Waals surface area (Å²) in [5.41, 5.74) is 5.15. The van der Waals surface area contributed by atoms with Crippen molar-refractivity contribution < 1.29 is 38.1 Å². The minimum Gasteiger partial charge on any atom is -0.493 e. The third kappa shape index (κ3) is 8.60. The molecule has 0 bridgehead atoms. The summed E-state index contributed by atoms with van der Waals surface area (Å²) in [7, 11) is 2.91. The van der Waals surface area contributed by atoms with Gasteiger partial charge in [-0.2, -0.15) is 5.10 Å². The predicted octanol–water partition coefficient (Wildman–Crippen LogP) is 3.47. The second-order valence-electron chi connectivity index (χ2n) is 9.73. The Balaban J connectivity index is 1.31. The first-order valence-corrected chi connectivity index (χ1v) is 13.8. The SMILES string of the molecule is COc1cc([C@H]2NC(=O)NC(C)=C2C(C)=O)ccc1OCC(=O)N/N=C\c1ccc(OCC(=O)Nc2ccccc2)c(OC)c1. The summed E-state index contributed by atoms with van der Waals surface area (Å²) in [4.78, 5) is 48.9. The van der Waals surface area contributed by atoms with Crippen molar-refractivity contribution in [3.05, 3.63) is 89.1 Å². The van der Waals surface area contributed by atoms with Gasteiger partial charge in [-0.25, -0.2) is 10.2 Å². The van der Waals surface area contributed by atoms with Crippen LogP contribution in [0.2, 0.25) is 0 Å². The molecule has 4 amide bonds. The summed E-state index contributed by atoms with van der Waals surface area (Å²) in [6.07, 6.45) is 1.41. The van der Waals surface area contributed by atoms with Gasteiger partial charge in [0, 0.05) is 17.0 Å². The van der Waals surface area contributed by atoms with E-state index in [1.54, 1.807) is 55.5 Å². The van der Waals surface area contributed by atoms with E-state index in [0.29, 0.717) is 45.3 Å². The van der Waals surface area contributed by atoms with Crippen LogP contribution in [-0.2, 0) is 14.4 Å². The van der Waals surface area contributed by atoms with Crippen LogP contribution in [0.3, 0.4) is 0 Å². The van der Waals surface area contributed by atoms with Crippen LogP contribution in [0, 0.1) is 0 Å². The van der Waals surface area contributed by atoms with E-state index in [-0.39, 0.29) is 30.7 Å². The molecule has 0 spiro atoms. The number of ketones is 1. The van der Waals surface area contributed by atoms with Gasteiger partial charge in [0.2, 0.25) is 0 Å². The van der Waals surface area contributed by atoms with Gasteiger partial charge >= 0.3 is 6.03 Å². The van der Waals surface area contributed by atoms with Crippen molar-refractivity contribution in [1.29, 1.82) is 0 Å². The number of hydrogen-bond acceptors (Lipinski definition) is 9. The maximum Gasteiger partial charge on any atom is 0.319 e. The zero-order valence-electron chi connectivity index (χ0n) is 25.1. The fourth-order valence-electron chi connectivity index (χ4n) is 4.49. The first-order chi connectivity index (χ1) is 21.7. The molecule has 0 saturated heterocycles. The summed E-state index contributed by atoms with van der Waals surface area (Å²) in [5.74, 6) is 0.289. The Hall–Kier alpha value is -5.85. The van der Waals surface area contributed by atoms with E-state index in [0.717, 1.165) is 0 Å². The molecule has 1 aliphatic heterocycles. The molecule has 0 aliphatic carbocycles. The Morgan fingerprint density at radius 2 is 1.51 bits per heavy atom. The van der Waals surface area contributed by atoms with Crippen LogP contribution >= 0.6 is 0 Å². The van der Waals surface area contributed by atoms with Gasteiger partial charge in [-0.15, -0.1) is 0 Å². The predicted molar refractivity (Wildman–Crippen MR) is 166 cm³/mol. The third-order valence-corrected chi connectivity index (χ3v) is 6.54. The molecule has 0 saturated carbocycles. The lowest BCUT2D eigenvalue weighted by atomic mass is 9.93. The second-order valence-corrected chi connectivity index (χ2v) is 9.73. The molecular formula is C32H33N5O8. The van der Waals surface area contributed by atoms with Crippen molar-refractivity contribution >= 4 is 35.5 Å². The average molecular weight is 616 g/mol. The number of para-hydroxylation sites is 1. The zero-order valence-corrected chi connectivity index (χ0v) is 25.1. The summed E-state index contributed by atoms with van der Waals surface area (Å²) in [6, 6.07) is 17.8. The molecular weight excluding hydrogens is 582 g/mol. The minimum absolute atomic E-state index is 0.187. The molecule has 1 heterocycles. The number of amides is 4. The number of urea groups is 1. The van der Waals surface area contributed by atoms with Gasteiger partial charge in [0.15, 0.2) is 42.0 Å². The maximum absolute atomic E-state index is 12.4. The number of anilines is 1. The van der Waals surface area contributed by atoms with Gasteiger partial charge in [0.1, 0.15) is 0 Å². The lowest BCUT2D eigenvalue weighted by Gasteiger charge is -2.28. The van der Waals surface area contributed by atoms with Crippen LogP contribution in [0.4, 0.5) is 10.5 Å². The molecule has 3 aromatic rings. The van der Waals surface area contributed by atoms with Crippen molar-refractivity contribution in [1.82, 2.24) is 16.1 Å². The molecule has 1 aliphatic rings. The number of allylic oxidation sites excluding steroid dienone is 1. The molecule has 0 radical (unpaired) electrons. The van der Waals surface area contributed by atoms with Crippen LogP contribution < -0.4 is 40.3 Å². The van der Waals surface area contributed by atoms with E-state index < -0.39 is 18.0 Å². The molecule has 1 atom stereocenters. The molecule has 4 rings (SSSR count). The van der Waals surface area contributed by atoms with Gasteiger partial charge in [-0.3, -0.25) is 14.4 Å². The molecule has 0 fully saturated rings. The van der Waals surface area contributed by atoms with E-state index in [1.165, 1.54) is 27.4 Å². The Morgan fingerprint density at radius 3 is 2.18 bits per heavy atom. The Labute approximate surface area is 259 Å². The largest absolute Gasteiger partial charge is 0.493 e. The van der Waals surface area contributed by atoms with E-state index in [1.807, 2.05) is 18.2 Å². The van der Waals surface area contributed by atoms with Crippen molar-refractivity contribution in [2.24, 2.45) is 5.10 Å². The smallest absolute Gasteiger partial charge is 0.319 e. The molecule has 3 aromatic carbocycles. The summed E-state index contributed by atoms with van der Waals surface area (Å²) < 4.78 is 22.0. The van der Waals surface area contributed by atoms with Gasteiger partial charge in [0.05, 0.1) is 26.5 Å². The van der Waals surface area contributed by atoms with Crippen molar-refractivity contribution in [2.45, 2.75) is 19.9 Å². The third-order valence-electron chi connectivity index (χ3n) is 6.54. The highest BCUT2D eigenvalue weighted by atomic mass is 16.5. The number of nitrogens with zero attached hydrogens (tertiary/aromatic N) is 1. The highest BCUT2D eigenvalue weighted by Crippen LogP contribution is 2.34. The van der Waals surface area contributed by atoms with E-state index in [2.05, 4.69) is 26.5 Å². The number of hydrazone groups is 1. The number of methoxy groups -OCH3 is 2. The molecule has 4 N–H and O–H groups in total. The quantitative estimate of drug-likeness (QED) is 0.168. The summed E-state index contributed by atoms with van der Waals surface area (Å²) in [5, 5.41) is 12.0. The number of ether oxygens (including phenoxy) is 4. The lowest BCUT2D eigenvalue weighted by molar-refractivity contribution is -0.123. The Bertz CT molecular complexity index is 1640. The van der Waals surface area contributed by atoms with E-state index >= 15 is 0 Å². The van der Waals surface area contributed by atoms with Gasteiger partial charge in [0.25, 0.3) is 11.8 Å². The van der Waals surface area contributed by atoms with Gasteiger partial charge < -0.3 is 34.9 Å². The Morgan fingerprint density at radius 1 is 0.867 bits per heavy atom. The van der Waals surface area contributed by atoms with Gasteiger partial charge in [-0.1, -0.05) is 24.3 Å². The number of rotatable bonds is 13. The van der Waals surface area contributed by atoms with Crippen molar-refractivity contribution in [2.75, 3.05) is 32.8 Å². The first kappa shape index (κ1) is 32.1. The van der Waals surface area contributed by atoms with Crippen LogP contribution in [-0.4, -0.2) is 57.3 Å². The van der Waals surface area contributed by atoms with Crippen LogP contribution in [0.15, 0.2) is 83.1 Å². The zero-order chi connectivity index (χ0) is 32.3. The van der Waals surface area contributed by atoms with E-state index in [9.17, 15) is 19.2 Å². The van der Waals surface area contributed by atoms with Crippen LogP contribution in [0.25, 0.3) is 0 Å². The second kappa shape index (κ2) is 15.0. The van der Waals surface area contributed by atoms with Crippen molar-refractivity contribution in [3.63, 3.8) is 0 Å². The molecule has 0 aromatic heterocycles. The number of Topliss-reactive ketones (excluding diaryl/α,β-unsaturated/α-hetero) is 1. The highest BCUT2D eigenvalue weighted by Gasteiger charge is 2.29. The van der Waals surface area contributed by atoms with Crippen LogP contribution in [0.1, 0.15) is 31.0 Å². The number of benzene rings is 3. The fourth-order valence-corrected chi connectivity index (χ4v) is 4.49. The maximum atomic E-state index is 12.4. The number of carbonyl (C=O) groups excluding carboxylic acids is 4. The molecule has 13 heteroatoms. The summed E-state index contributed by atoms with van der Waals surface area (Å²) >= 11 is 0. The average Bonchev–Trinajstić information content (AvgIpc) is 3.02. The fraction of sp³-hybridized carbons (Fsp3) is 0.219. The molecule has 13 nitrogen and oxygen atoms in total. The number of hydrogen-bond donors (Lipinski definition) is 4. The Kier molecular flexibility index (Phi) is 10.7. The molecule has 45 heavy (non-hydrogen) atoms. The lowest BCUT2D eigenvalue weighted by Crippen LogP contribution is -2.44.